The molecule has 1 aliphatic rings. The van der Waals surface area contributed by atoms with Crippen LogP contribution in [0.3, 0.4) is 0 Å². The predicted octanol–water partition coefficient (Wildman–Crippen LogP) is 2.67. The molecule has 0 spiro atoms. The number of fused-ring (bicyclic) bond motifs is 1. The van der Waals surface area contributed by atoms with Crippen molar-refractivity contribution in [1.82, 2.24) is 19.7 Å². The molecule has 1 saturated carbocycles. The van der Waals surface area contributed by atoms with E-state index < -0.39 is 0 Å². The molecule has 24 heavy (non-hydrogen) atoms. The van der Waals surface area contributed by atoms with E-state index in [4.69, 9.17) is 4.52 Å². The van der Waals surface area contributed by atoms with Crippen LogP contribution in [0.5, 0.6) is 0 Å². The Hall–Kier alpha value is -2.41. The first kappa shape index (κ1) is 15.1. The summed E-state index contributed by atoms with van der Waals surface area (Å²) < 4.78 is 7.24. The van der Waals surface area contributed by atoms with Gasteiger partial charge in [0.05, 0.1) is 18.0 Å². The minimum atomic E-state index is -0.234. The molecule has 0 saturated heterocycles. The first-order valence-electron chi connectivity index (χ1n) is 8.27. The van der Waals surface area contributed by atoms with Crippen molar-refractivity contribution in [1.29, 1.82) is 0 Å². The number of aromatic nitrogens is 4. The molecular weight excluding hydrogens is 306 g/mol. The third-order valence-electron chi connectivity index (χ3n) is 4.83. The third-order valence-corrected chi connectivity index (χ3v) is 4.83. The van der Waals surface area contributed by atoms with Gasteiger partial charge in [-0.15, -0.1) is 0 Å². The first-order chi connectivity index (χ1) is 11.6. The molecule has 1 aliphatic carbocycles. The molecule has 126 valence electrons. The number of anilines is 1. The monoisotopic (exact) mass is 327 g/mol. The molecule has 0 aromatic carbocycles. The van der Waals surface area contributed by atoms with Crippen LogP contribution in [0.25, 0.3) is 11.0 Å². The SMILES string of the molecule is Cc1cc(CNc2ncnc3c2ccn3[C@@H]2C[C@H](C)[C@@H](O)C2)no1. The van der Waals surface area contributed by atoms with Gasteiger partial charge in [0.1, 0.15) is 29.2 Å². The van der Waals surface area contributed by atoms with Crippen LogP contribution in [0, 0.1) is 12.8 Å². The molecule has 3 atom stereocenters. The highest BCUT2D eigenvalue weighted by Crippen LogP contribution is 2.37. The van der Waals surface area contributed by atoms with Crippen LogP contribution < -0.4 is 5.32 Å². The van der Waals surface area contributed by atoms with E-state index in [1.54, 1.807) is 6.33 Å². The van der Waals surface area contributed by atoms with E-state index in [2.05, 4.69) is 31.9 Å². The summed E-state index contributed by atoms with van der Waals surface area (Å²) >= 11 is 0. The zero-order chi connectivity index (χ0) is 16.7. The Morgan fingerprint density at radius 3 is 2.96 bits per heavy atom. The number of nitrogens with zero attached hydrogens (tertiary/aromatic N) is 4. The second-order valence-electron chi connectivity index (χ2n) is 6.63. The van der Waals surface area contributed by atoms with Crippen LogP contribution in [-0.2, 0) is 6.54 Å². The molecule has 7 nitrogen and oxygen atoms in total. The van der Waals surface area contributed by atoms with Crippen LogP contribution >= 0.6 is 0 Å². The molecule has 0 unspecified atom stereocenters. The van der Waals surface area contributed by atoms with E-state index in [-0.39, 0.29) is 12.1 Å². The van der Waals surface area contributed by atoms with Gasteiger partial charge in [-0.2, -0.15) is 0 Å². The van der Waals surface area contributed by atoms with Gasteiger partial charge in [0.15, 0.2) is 0 Å². The summed E-state index contributed by atoms with van der Waals surface area (Å²) in [6.07, 6.45) is 5.12. The summed E-state index contributed by atoms with van der Waals surface area (Å²) in [5.41, 5.74) is 1.74. The average Bonchev–Trinajstić information content (AvgIpc) is 3.25. The van der Waals surface area contributed by atoms with Crippen molar-refractivity contribution < 1.29 is 9.63 Å². The van der Waals surface area contributed by atoms with Crippen LogP contribution in [-0.4, -0.2) is 30.9 Å². The van der Waals surface area contributed by atoms with Crippen molar-refractivity contribution >= 4 is 16.9 Å². The summed E-state index contributed by atoms with van der Waals surface area (Å²) in [7, 11) is 0. The smallest absolute Gasteiger partial charge is 0.145 e. The minimum Gasteiger partial charge on any atom is -0.393 e. The summed E-state index contributed by atoms with van der Waals surface area (Å²) in [4.78, 5) is 8.81. The topological polar surface area (TPSA) is 89.0 Å². The minimum absolute atomic E-state index is 0.234. The van der Waals surface area contributed by atoms with Crippen molar-refractivity contribution in [3.05, 3.63) is 36.1 Å². The number of hydrogen-bond donors (Lipinski definition) is 2. The summed E-state index contributed by atoms with van der Waals surface area (Å²) in [5.74, 6) is 1.90. The zero-order valence-corrected chi connectivity index (χ0v) is 13.8. The van der Waals surface area contributed by atoms with Gasteiger partial charge in [0.25, 0.3) is 0 Å². The molecule has 3 heterocycles. The van der Waals surface area contributed by atoms with E-state index >= 15 is 0 Å². The highest BCUT2D eigenvalue weighted by Gasteiger charge is 2.31. The lowest BCUT2D eigenvalue weighted by Crippen LogP contribution is -2.09. The van der Waals surface area contributed by atoms with Crippen LogP contribution in [0.4, 0.5) is 5.82 Å². The lowest BCUT2D eigenvalue weighted by atomic mass is 10.1. The second-order valence-corrected chi connectivity index (χ2v) is 6.63. The Balaban J connectivity index is 1.59. The van der Waals surface area contributed by atoms with E-state index in [1.165, 1.54) is 0 Å². The molecule has 0 amide bonds. The maximum atomic E-state index is 10.0. The van der Waals surface area contributed by atoms with Crippen molar-refractivity contribution in [2.24, 2.45) is 5.92 Å². The van der Waals surface area contributed by atoms with Gasteiger partial charge in [0.2, 0.25) is 0 Å². The van der Waals surface area contributed by atoms with Gasteiger partial charge in [-0.3, -0.25) is 0 Å². The van der Waals surface area contributed by atoms with Gasteiger partial charge in [0, 0.05) is 18.3 Å². The Morgan fingerprint density at radius 2 is 2.25 bits per heavy atom. The molecule has 0 aliphatic heterocycles. The summed E-state index contributed by atoms with van der Waals surface area (Å²) in [5, 5.41) is 18.3. The Labute approximate surface area is 139 Å². The Morgan fingerprint density at radius 1 is 1.38 bits per heavy atom. The fraction of sp³-hybridized carbons (Fsp3) is 0.471. The summed E-state index contributed by atoms with van der Waals surface area (Å²) in [6, 6.07) is 4.22. The lowest BCUT2D eigenvalue weighted by molar-refractivity contribution is 0.139. The van der Waals surface area contributed by atoms with Crippen LogP contribution in [0.1, 0.15) is 37.3 Å². The number of hydrogen-bond acceptors (Lipinski definition) is 6. The maximum absolute atomic E-state index is 10.0. The molecular formula is C17H21N5O2. The van der Waals surface area contributed by atoms with Crippen molar-refractivity contribution in [2.45, 2.75) is 45.4 Å². The van der Waals surface area contributed by atoms with Gasteiger partial charge < -0.3 is 19.5 Å². The molecule has 3 aromatic rings. The molecule has 1 fully saturated rings. The zero-order valence-electron chi connectivity index (χ0n) is 13.8. The van der Waals surface area contributed by atoms with E-state index in [9.17, 15) is 5.11 Å². The predicted molar refractivity (Wildman–Crippen MR) is 89.5 cm³/mol. The Kier molecular flexibility index (Phi) is 3.72. The van der Waals surface area contributed by atoms with E-state index in [0.29, 0.717) is 12.5 Å². The van der Waals surface area contributed by atoms with E-state index in [0.717, 1.165) is 41.1 Å². The fourth-order valence-corrected chi connectivity index (χ4v) is 3.50. The van der Waals surface area contributed by atoms with Gasteiger partial charge >= 0.3 is 0 Å². The van der Waals surface area contributed by atoms with Crippen molar-refractivity contribution in [3.63, 3.8) is 0 Å². The number of rotatable bonds is 4. The second kappa shape index (κ2) is 5.90. The number of nitrogens with one attached hydrogen (secondary N) is 1. The number of aliphatic hydroxyl groups is 1. The van der Waals surface area contributed by atoms with E-state index in [1.807, 2.05) is 25.3 Å². The van der Waals surface area contributed by atoms with Gasteiger partial charge in [-0.05, 0) is 31.7 Å². The van der Waals surface area contributed by atoms with Crippen molar-refractivity contribution in [3.8, 4) is 0 Å². The van der Waals surface area contributed by atoms with Crippen molar-refractivity contribution in [2.75, 3.05) is 5.32 Å². The number of aryl methyl sites for hydroxylation is 1. The van der Waals surface area contributed by atoms with Gasteiger partial charge in [-0.1, -0.05) is 12.1 Å². The van der Waals surface area contributed by atoms with Gasteiger partial charge in [-0.25, -0.2) is 9.97 Å². The largest absolute Gasteiger partial charge is 0.393 e. The molecule has 4 rings (SSSR count). The third kappa shape index (κ3) is 2.65. The van der Waals surface area contributed by atoms with Crippen LogP contribution in [0.2, 0.25) is 0 Å². The normalized spacial score (nSPS) is 23.9. The lowest BCUT2D eigenvalue weighted by Gasteiger charge is -2.13. The standard InChI is InChI=1S/C17H21N5O2/c1-10-5-13(7-15(10)23)22-4-3-14-16(19-9-20-17(14)22)18-8-12-6-11(2)24-21-12/h3-4,6,9-10,13,15,23H,5,7-8H2,1-2H3,(H,18,19,20)/t10-,13+,15-/m0/s1. The fourth-order valence-electron chi connectivity index (χ4n) is 3.50. The average molecular weight is 327 g/mol. The molecule has 0 bridgehead atoms. The molecule has 2 N–H and O–H groups in total. The highest BCUT2D eigenvalue weighted by atomic mass is 16.5. The molecule has 3 aromatic heterocycles. The maximum Gasteiger partial charge on any atom is 0.145 e. The highest BCUT2D eigenvalue weighted by molar-refractivity contribution is 5.87. The number of aliphatic hydroxyl groups excluding tert-OH is 1. The molecule has 0 radical (unpaired) electrons. The Bertz CT molecular complexity index is 846. The summed E-state index contributed by atoms with van der Waals surface area (Å²) in [6.45, 7) is 4.52. The van der Waals surface area contributed by atoms with Crippen LogP contribution in [0.15, 0.2) is 29.2 Å². The first-order valence-corrected chi connectivity index (χ1v) is 8.27. The quantitative estimate of drug-likeness (QED) is 0.766. The molecule has 7 heteroatoms.